The summed E-state index contributed by atoms with van der Waals surface area (Å²) in [6.07, 6.45) is 2.97. The van der Waals surface area contributed by atoms with E-state index in [0.717, 1.165) is 12.2 Å². The van der Waals surface area contributed by atoms with Gasteiger partial charge < -0.3 is 15.4 Å². The molecule has 0 aromatic carbocycles. The third-order valence-corrected chi connectivity index (χ3v) is 2.48. The first-order chi connectivity index (χ1) is 7.89. The Morgan fingerprint density at radius 2 is 2.12 bits per heavy atom. The van der Waals surface area contributed by atoms with Crippen LogP contribution in [0.2, 0.25) is 0 Å². The Bertz CT molecular complexity index is 241. The molecule has 0 radical (unpaired) electrons. The molecule has 0 aromatic heterocycles. The predicted molar refractivity (Wildman–Crippen MR) is 70.2 cm³/mol. The topological polar surface area (TPSA) is 67.4 Å². The summed E-state index contributed by atoms with van der Waals surface area (Å²) in [7, 11) is 0. The van der Waals surface area contributed by atoms with Gasteiger partial charge in [0.25, 0.3) is 0 Å². The van der Waals surface area contributed by atoms with Crippen molar-refractivity contribution in [2.45, 2.75) is 38.8 Å². The first kappa shape index (κ1) is 16.1. The van der Waals surface area contributed by atoms with Crippen LogP contribution in [-0.2, 0) is 9.53 Å². The van der Waals surface area contributed by atoms with E-state index in [2.05, 4.69) is 10.6 Å². The Morgan fingerprint density at radius 3 is 2.59 bits per heavy atom. The number of alkyl carbamates (subject to hydrolysis) is 1. The molecule has 17 heavy (non-hydrogen) atoms. The molecule has 100 valence electrons. The van der Waals surface area contributed by atoms with Gasteiger partial charge in [0.15, 0.2) is 0 Å². The number of rotatable bonds is 7. The van der Waals surface area contributed by atoms with Gasteiger partial charge in [-0.1, -0.05) is 0 Å². The average Bonchev–Trinajstić information content (AvgIpc) is 2.19. The highest BCUT2D eigenvalue weighted by Gasteiger charge is 2.19. The summed E-state index contributed by atoms with van der Waals surface area (Å²) in [5.74, 6) is 0.918. The second kappa shape index (κ2) is 8.22. The zero-order chi connectivity index (χ0) is 13.3. The molecule has 0 aliphatic heterocycles. The van der Waals surface area contributed by atoms with Crippen LogP contribution in [0, 0.1) is 0 Å². The van der Waals surface area contributed by atoms with E-state index in [4.69, 9.17) is 4.74 Å². The molecule has 0 spiro atoms. The molecule has 2 N–H and O–H groups in total. The zero-order valence-electron chi connectivity index (χ0n) is 10.9. The Kier molecular flexibility index (Phi) is 7.78. The number of hydrogen-bond donors (Lipinski definition) is 2. The van der Waals surface area contributed by atoms with E-state index in [9.17, 15) is 9.59 Å². The Morgan fingerprint density at radius 1 is 1.47 bits per heavy atom. The van der Waals surface area contributed by atoms with E-state index in [1.165, 1.54) is 0 Å². The van der Waals surface area contributed by atoms with Crippen LogP contribution in [0.25, 0.3) is 0 Å². The highest BCUT2D eigenvalue weighted by atomic mass is 32.2. The van der Waals surface area contributed by atoms with E-state index >= 15 is 0 Å². The summed E-state index contributed by atoms with van der Waals surface area (Å²) in [5, 5.41) is 5.31. The number of amides is 2. The summed E-state index contributed by atoms with van der Waals surface area (Å²) in [6.45, 7) is 5.86. The van der Waals surface area contributed by atoms with Gasteiger partial charge >= 0.3 is 6.09 Å². The quantitative estimate of drug-likeness (QED) is 0.680. The maximum atomic E-state index is 11.5. The second-order valence-corrected chi connectivity index (χ2v) is 5.64. The van der Waals surface area contributed by atoms with Crippen molar-refractivity contribution < 1.29 is 14.3 Å². The van der Waals surface area contributed by atoms with Gasteiger partial charge in [-0.3, -0.25) is 4.79 Å². The van der Waals surface area contributed by atoms with E-state index in [-0.39, 0.29) is 6.04 Å². The lowest BCUT2D eigenvalue weighted by Gasteiger charge is -2.23. The van der Waals surface area contributed by atoms with Crippen molar-refractivity contribution >= 4 is 24.3 Å². The molecule has 5 nitrogen and oxygen atoms in total. The lowest BCUT2D eigenvalue weighted by molar-refractivity contribution is -0.109. The van der Waals surface area contributed by atoms with Gasteiger partial charge in [0, 0.05) is 6.54 Å². The molecule has 1 unspecified atom stereocenters. The highest BCUT2D eigenvalue weighted by Crippen LogP contribution is 2.07. The van der Waals surface area contributed by atoms with Crippen LogP contribution >= 0.6 is 11.8 Å². The molecule has 0 aromatic rings. The fourth-order valence-corrected chi connectivity index (χ4v) is 1.67. The van der Waals surface area contributed by atoms with Crippen molar-refractivity contribution in [3.05, 3.63) is 0 Å². The number of thioether (sulfide) groups is 1. The third kappa shape index (κ3) is 9.99. The van der Waals surface area contributed by atoms with Crippen molar-refractivity contribution in [3.63, 3.8) is 0 Å². The first-order valence-corrected chi connectivity index (χ1v) is 6.94. The van der Waals surface area contributed by atoms with Gasteiger partial charge in [-0.2, -0.15) is 11.8 Å². The molecule has 0 saturated carbocycles. The van der Waals surface area contributed by atoms with Crippen LogP contribution < -0.4 is 10.6 Å². The maximum Gasteiger partial charge on any atom is 0.407 e. The molecule has 6 heteroatoms. The molecule has 0 fully saturated rings. The normalized spacial score (nSPS) is 12.7. The lowest BCUT2D eigenvalue weighted by atomic mass is 10.2. The average molecular weight is 262 g/mol. The van der Waals surface area contributed by atoms with Gasteiger partial charge in [-0.15, -0.1) is 0 Å². The fourth-order valence-electron chi connectivity index (χ4n) is 1.15. The molecule has 0 saturated heterocycles. The molecule has 0 heterocycles. The number of ether oxygens (including phenoxy) is 1. The zero-order valence-corrected chi connectivity index (χ0v) is 11.7. The monoisotopic (exact) mass is 262 g/mol. The Hall–Kier alpha value is -0.910. The Balaban J connectivity index is 4.11. The van der Waals surface area contributed by atoms with E-state index < -0.39 is 11.7 Å². The summed E-state index contributed by atoms with van der Waals surface area (Å²) in [5.41, 5.74) is -0.508. The third-order valence-electron chi connectivity index (χ3n) is 1.84. The molecule has 0 bridgehead atoms. The van der Waals surface area contributed by atoms with Crippen molar-refractivity contribution in [1.29, 1.82) is 0 Å². The maximum absolute atomic E-state index is 11.5. The molecule has 0 aliphatic rings. The minimum absolute atomic E-state index is 0.0949. The van der Waals surface area contributed by atoms with Gasteiger partial charge in [0.05, 0.1) is 6.04 Å². The second-order valence-electron chi connectivity index (χ2n) is 4.65. The molecular formula is C11H22N2O3S. The van der Waals surface area contributed by atoms with Crippen LogP contribution in [0.1, 0.15) is 27.2 Å². The SMILES string of the molecule is CSCCC(CNC=O)NC(=O)OC(C)(C)C. The Labute approximate surface area is 107 Å². The molecule has 0 rings (SSSR count). The molecular weight excluding hydrogens is 240 g/mol. The van der Waals surface area contributed by atoms with Gasteiger partial charge in [-0.25, -0.2) is 4.79 Å². The predicted octanol–water partition coefficient (Wildman–Crippen LogP) is 1.38. The summed E-state index contributed by atoms with van der Waals surface area (Å²) in [6, 6.07) is -0.0949. The molecule has 1 atom stereocenters. The van der Waals surface area contributed by atoms with E-state index in [1.807, 2.05) is 27.0 Å². The minimum atomic E-state index is -0.508. The van der Waals surface area contributed by atoms with Crippen molar-refractivity contribution in [2.24, 2.45) is 0 Å². The van der Waals surface area contributed by atoms with Gasteiger partial charge in [-0.05, 0) is 39.2 Å². The number of hydrogen-bond acceptors (Lipinski definition) is 4. The van der Waals surface area contributed by atoms with Crippen molar-refractivity contribution in [2.75, 3.05) is 18.6 Å². The summed E-state index contributed by atoms with van der Waals surface area (Å²) >= 11 is 1.70. The summed E-state index contributed by atoms with van der Waals surface area (Å²) < 4.78 is 5.16. The number of carbonyl (C=O) groups excluding carboxylic acids is 2. The van der Waals surface area contributed by atoms with E-state index in [1.54, 1.807) is 11.8 Å². The van der Waals surface area contributed by atoms with Crippen LogP contribution in [0.4, 0.5) is 4.79 Å². The van der Waals surface area contributed by atoms with Crippen LogP contribution in [0.5, 0.6) is 0 Å². The summed E-state index contributed by atoms with van der Waals surface area (Å²) in [4.78, 5) is 21.8. The van der Waals surface area contributed by atoms with Crippen molar-refractivity contribution in [3.8, 4) is 0 Å². The fraction of sp³-hybridized carbons (Fsp3) is 0.818. The minimum Gasteiger partial charge on any atom is -0.444 e. The smallest absolute Gasteiger partial charge is 0.407 e. The van der Waals surface area contributed by atoms with Crippen LogP contribution in [0.3, 0.4) is 0 Å². The highest BCUT2D eigenvalue weighted by molar-refractivity contribution is 7.98. The number of nitrogens with one attached hydrogen (secondary N) is 2. The van der Waals surface area contributed by atoms with Crippen LogP contribution in [0.15, 0.2) is 0 Å². The standard InChI is InChI=1S/C11H22N2O3S/c1-11(2,3)16-10(15)13-9(5-6-17-4)7-12-8-14/h8-9H,5-7H2,1-4H3,(H,12,14)(H,13,15). The largest absolute Gasteiger partial charge is 0.444 e. The lowest BCUT2D eigenvalue weighted by Crippen LogP contribution is -2.44. The molecule has 2 amide bonds. The first-order valence-electron chi connectivity index (χ1n) is 5.54. The van der Waals surface area contributed by atoms with Gasteiger partial charge in [0.1, 0.15) is 5.60 Å². The van der Waals surface area contributed by atoms with Crippen molar-refractivity contribution in [1.82, 2.24) is 10.6 Å². The van der Waals surface area contributed by atoms with Crippen LogP contribution in [-0.4, -0.2) is 42.7 Å². The molecule has 0 aliphatic carbocycles. The van der Waals surface area contributed by atoms with Gasteiger partial charge in [0.2, 0.25) is 6.41 Å². The van der Waals surface area contributed by atoms with E-state index in [0.29, 0.717) is 13.0 Å². The number of carbonyl (C=O) groups is 2.